The number of phenols is 1. The van der Waals surface area contributed by atoms with Crippen LogP contribution in [0, 0.1) is 0 Å². The van der Waals surface area contributed by atoms with Gasteiger partial charge in [-0.05, 0) is 12.1 Å². The SMILES string of the molecule is COC(=O)c1c(C(=O)OC)n(C)c2cc(O)ccc12. The summed E-state index contributed by atoms with van der Waals surface area (Å²) in [6.45, 7) is 0. The molecule has 0 saturated heterocycles. The van der Waals surface area contributed by atoms with E-state index in [0.29, 0.717) is 10.9 Å². The summed E-state index contributed by atoms with van der Waals surface area (Å²) in [7, 11) is 4.08. The van der Waals surface area contributed by atoms with Crippen molar-refractivity contribution in [2.75, 3.05) is 14.2 Å². The fraction of sp³-hybridized carbons (Fsp3) is 0.231. The molecule has 6 heteroatoms. The maximum atomic E-state index is 11.9. The summed E-state index contributed by atoms with van der Waals surface area (Å²) < 4.78 is 10.9. The van der Waals surface area contributed by atoms with Crippen molar-refractivity contribution in [3.05, 3.63) is 29.5 Å². The lowest BCUT2D eigenvalue weighted by molar-refractivity contribution is 0.0549. The maximum absolute atomic E-state index is 11.9. The molecule has 0 aliphatic carbocycles. The number of phenolic OH excluding ortho intramolecular Hbond substituents is 1. The van der Waals surface area contributed by atoms with E-state index in [4.69, 9.17) is 4.74 Å². The third-order valence-electron chi connectivity index (χ3n) is 2.95. The molecule has 0 aliphatic heterocycles. The summed E-state index contributed by atoms with van der Waals surface area (Å²) in [5, 5.41) is 10.0. The van der Waals surface area contributed by atoms with Gasteiger partial charge in [-0.1, -0.05) is 0 Å². The average molecular weight is 263 g/mol. The smallest absolute Gasteiger partial charge is 0.355 e. The molecule has 0 fully saturated rings. The minimum atomic E-state index is -0.640. The van der Waals surface area contributed by atoms with Crippen LogP contribution < -0.4 is 0 Å². The van der Waals surface area contributed by atoms with Crippen LogP contribution >= 0.6 is 0 Å². The van der Waals surface area contributed by atoms with Gasteiger partial charge >= 0.3 is 11.9 Å². The number of esters is 2. The topological polar surface area (TPSA) is 77.8 Å². The van der Waals surface area contributed by atoms with Crippen LogP contribution in [0.3, 0.4) is 0 Å². The number of fused-ring (bicyclic) bond motifs is 1. The summed E-state index contributed by atoms with van der Waals surface area (Å²) in [6, 6.07) is 4.47. The average Bonchev–Trinajstić information content (AvgIpc) is 2.70. The van der Waals surface area contributed by atoms with Gasteiger partial charge in [-0.3, -0.25) is 0 Å². The van der Waals surface area contributed by atoms with Gasteiger partial charge in [-0.15, -0.1) is 0 Å². The molecule has 1 aromatic carbocycles. The first-order chi connectivity index (χ1) is 9.01. The second-order valence-corrected chi connectivity index (χ2v) is 3.97. The molecule has 0 aliphatic rings. The Morgan fingerprint density at radius 1 is 1.16 bits per heavy atom. The molecular formula is C13H13NO5. The molecule has 0 radical (unpaired) electrons. The van der Waals surface area contributed by atoms with E-state index in [-0.39, 0.29) is 17.0 Å². The van der Waals surface area contributed by atoms with Crippen LogP contribution in [0.5, 0.6) is 5.75 Å². The third kappa shape index (κ3) is 1.91. The van der Waals surface area contributed by atoms with Crippen LogP contribution in [0.1, 0.15) is 20.8 Å². The normalized spacial score (nSPS) is 10.5. The van der Waals surface area contributed by atoms with Gasteiger partial charge in [0.25, 0.3) is 0 Å². The first kappa shape index (κ1) is 12.9. The van der Waals surface area contributed by atoms with E-state index < -0.39 is 11.9 Å². The summed E-state index contributed by atoms with van der Waals surface area (Å²) in [6.07, 6.45) is 0. The number of hydrogen-bond acceptors (Lipinski definition) is 5. The maximum Gasteiger partial charge on any atom is 0.355 e. The lowest BCUT2D eigenvalue weighted by atomic mass is 10.1. The van der Waals surface area contributed by atoms with Gasteiger partial charge in [0.1, 0.15) is 17.0 Å². The van der Waals surface area contributed by atoms with E-state index in [1.54, 1.807) is 13.1 Å². The Bertz CT molecular complexity index is 671. The molecule has 0 atom stereocenters. The Morgan fingerprint density at radius 3 is 2.37 bits per heavy atom. The van der Waals surface area contributed by atoms with Crippen molar-refractivity contribution in [3.8, 4) is 5.75 Å². The van der Waals surface area contributed by atoms with Gasteiger partial charge in [-0.2, -0.15) is 0 Å². The number of hydrogen-bond donors (Lipinski definition) is 1. The van der Waals surface area contributed by atoms with Gasteiger partial charge in [0, 0.05) is 18.5 Å². The van der Waals surface area contributed by atoms with Crippen molar-refractivity contribution in [1.29, 1.82) is 0 Å². The summed E-state index contributed by atoms with van der Waals surface area (Å²) in [5.41, 5.74) is 0.766. The number of aryl methyl sites for hydroxylation is 1. The molecular weight excluding hydrogens is 250 g/mol. The number of aromatic hydroxyl groups is 1. The van der Waals surface area contributed by atoms with Crippen molar-refractivity contribution in [2.24, 2.45) is 7.05 Å². The molecule has 0 spiro atoms. The van der Waals surface area contributed by atoms with Gasteiger partial charge in [-0.25, -0.2) is 9.59 Å². The Hall–Kier alpha value is -2.50. The van der Waals surface area contributed by atoms with Crippen molar-refractivity contribution >= 4 is 22.8 Å². The number of benzene rings is 1. The van der Waals surface area contributed by atoms with Gasteiger partial charge in [0.15, 0.2) is 0 Å². The van der Waals surface area contributed by atoms with Crippen molar-refractivity contribution < 1.29 is 24.2 Å². The fourth-order valence-electron chi connectivity index (χ4n) is 2.07. The second-order valence-electron chi connectivity index (χ2n) is 3.97. The first-order valence-corrected chi connectivity index (χ1v) is 5.49. The summed E-state index contributed by atoms with van der Waals surface area (Å²) >= 11 is 0. The fourth-order valence-corrected chi connectivity index (χ4v) is 2.07. The van der Waals surface area contributed by atoms with Crippen LogP contribution in [0.25, 0.3) is 10.9 Å². The van der Waals surface area contributed by atoms with Crippen molar-refractivity contribution in [2.45, 2.75) is 0 Å². The summed E-state index contributed by atoms with van der Waals surface area (Å²) in [4.78, 5) is 23.7. The molecule has 6 nitrogen and oxygen atoms in total. The third-order valence-corrected chi connectivity index (χ3v) is 2.95. The molecule has 0 unspecified atom stereocenters. The number of methoxy groups -OCH3 is 2. The molecule has 100 valence electrons. The standard InChI is InChI=1S/C13H13NO5/c1-14-9-6-7(15)4-5-8(9)10(12(16)18-2)11(14)13(17)19-3/h4-6,15H,1-3H3. The lowest BCUT2D eigenvalue weighted by Gasteiger charge is -2.04. The predicted octanol–water partition coefficient (Wildman–Crippen LogP) is 1.46. The quantitative estimate of drug-likeness (QED) is 0.830. The summed E-state index contributed by atoms with van der Waals surface area (Å²) in [5.74, 6) is -1.23. The van der Waals surface area contributed by atoms with Crippen LogP contribution in [-0.2, 0) is 16.5 Å². The van der Waals surface area contributed by atoms with E-state index in [2.05, 4.69) is 4.74 Å². The molecule has 0 bridgehead atoms. The highest BCUT2D eigenvalue weighted by Crippen LogP contribution is 2.29. The Morgan fingerprint density at radius 2 is 1.79 bits per heavy atom. The van der Waals surface area contributed by atoms with Crippen LogP contribution in [0.4, 0.5) is 0 Å². The Kier molecular flexibility index (Phi) is 3.16. The highest BCUT2D eigenvalue weighted by atomic mass is 16.5. The van der Waals surface area contributed by atoms with E-state index in [1.807, 2.05) is 0 Å². The number of carbonyl (C=O) groups is 2. The minimum Gasteiger partial charge on any atom is -0.508 e. The van der Waals surface area contributed by atoms with Crippen LogP contribution in [0.15, 0.2) is 18.2 Å². The van der Waals surface area contributed by atoms with E-state index >= 15 is 0 Å². The predicted molar refractivity (Wildman–Crippen MR) is 67.3 cm³/mol. The number of rotatable bonds is 2. The minimum absolute atomic E-state index is 0.0425. The molecule has 1 heterocycles. The van der Waals surface area contributed by atoms with Gasteiger partial charge in [0.05, 0.1) is 19.7 Å². The number of nitrogens with zero attached hydrogens (tertiary/aromatic N) is 1. The molecule has 1 N–H and O–H groups in total. The van der Waals surface area contributed by atoms with E-state index in [0.717, 1.165) is 0 Å². The number of carbonyl (C=O) groups excluding carboxylic acids is 2. The highest BCUT2D eigenvalue weighted by Gasteiger charge is 2.27. The van der Waals surface area contributed by atoms with Gasteiger partial charge in [0.2, 0.25) is 0 Å². The van der Waals surface area contributed by atoms with Crippen molar-refractivity contribution in [3.63, 3.8) is 0 Å². The molecule has 19 heavy (non-hydrogen) atoms. The monoisotopic (exact) mass is 263 g/mol. The number of aromatic nitrogens is 1. The van der Waals surface area contributed by atoms with Crippen molar-refractivity contribution in [1.82, 2.24) is 4.57 Å². The molecule has 2 aromatic rings. The molecule has 2 rings (SSSR count). The molecule has 0 saturated carbocycles. The largest absolute Gasteiger partial charge is 0.508 e. The zero-order chi connectivity index (χ0) is 14.2. The lowest BCUT2D eigenvalue weighted by Crippen LogP contribution is -2.13. The zero-order valence-electron chi connectivity index (χ0n) is 10.8. The highest BCUT2D eigenvalue weighted by molar-refractivity contribution is 6.13. The molecule has 0 amide bonds. The number of ether oxygens (including phenoxy) is 2. The Balaban J connectivity index is 2.88. The zero-order valence-corrected chi connectivity index (χ0v) is 10.8. The van der Waals surface area contributed by atoms with E-state index in [9.17, 15) is 14.7 Å². The Labute approximate surface area is 109 Å². The van der Waals surface area contributed by atoms with Crippen LogP contribution in [-0.4, -0.2) is 35.8 Å². The van der Waals surface area contributed by atoms with Crippen LogP contribution in [0.2, 0.25) is 0 Å². The van der Waals surface area contributed by atoms with E-state index in [1.165, 1.54) is 30.9 Å². The second kappa shape index (κ2) is 4.64. The van der Waals surface area contributed by atoms with Gasteiger partial charge < -0.3 is 19.1 Å². The first-order valence-electron chi connectivity index (χ1n) is 5.49. The molecule has 1 aromatic heterocycles.